The molecule has 1 N–H and O–H groups in total. The van der Waals surface area contributed by atoms with Gasteiger partial charge < -0.3 is 10.1 Å². The van der Waals surface area contributed by atoms with Gasteiger partial charge in [-0.1, -0.05) is 18.3 Å². The lowest BCUT2D eigenvalue weighted by molar-refractivity contribution is -0.384. The molecule has 13 heteroatoms. The maximum Gasteiger partial charge on any atom is 0.308 e. The molecule has 3 rings (SSSR count). The molecule has 3 aromatic rings. The van der Waals surface area contributed by atoms with Gasteiger partial charge in [-0.25, -0.2) is 8.42 Å². The summed E-state index contributed by atoms with van der Waals surface area (Å²) < 4.78 is 33.9. The molecule has 1 aromatic heterocycles. The van der Waals surface area contributed by atoms with E-state index in [0.29, 0.717) is 16.9 Å². The number of carbonyl (C=O) groups is 1. The quantitative estimate of drug-likeness (QED) is 0.346. The van der Waals surface area contributed by atoms with Crippen molar-refractivity contribution in [3.8, 4) is 5.75 Å². The number of aromatic nitrogens is 1. The molecule has 0 saturated heterocycles. The van der Waals surface area contributed by atoms with Crippen molar-refractivity contribution in [2.24, 2.45) is 0 Å². The fourth-order valence-electron chi connectivity index (χ4n) is 3.67. The topological polar surface area (TPSA) is 141 Å². The van der Waals surface area contributed by atoms with Gasteiger partial charge in [-0.15, -0.1) is 0 Å². The van der Waals surface area contributed by atoms with Gasteiger partial charge in [0.15, 0.2) is 0 Å². The van der Waals surface area contributed by atoms with Crippen LogP contribution in [0.2, 0.25) is 0 Å². The van der Waals surface area contributed by atoms with Crippen LogP contribution in [0.1, 0.15) is 20.3 Å². The van der Waals surface area contributed by atoms with Gasteiger partial charge in [-0.3, -0.25) is 28.6 Å². The zero-order valence-corrected chi connectivity index (χ0v) is 20.6. The molecule has 0 aliphatic heterocycles. The molecule has 0 radical (unpaired) electrons. The molecule has 0 unspecified atom stereocenters. The van der Waals surface area contributed by atoms with E-state index < -0.39 is 26.9 Å². The number of anilines is 2. The number of non-ortho nitro benzene ring substituents is 1. The average Bonchev–Trinajstić information content (AvgIpc) is 3.09. The SMILES string of the molecule is CC[C@@H](C(=O)Nc1ccc2c(c1)sc(=O)n2CC)N(c1cc([N+](=O)[O-])ccc1OC)S(C)(=O)=O. The highest BCUT2D eigenvalue weighted by Gasteiger charge is 2.34. The molecule has 182 valence electrons. The summed E-state index contributed by atoms with van der Waals surface area (Å²) in [6, 6.07) is 7.30. The minimum atomic E-state index is -4.05. The van der Waals surface area contributed by atoms with Crippen LogP contribution < -0.4 is 19.2 Å². The summed E-state index contributed by atoms with van der Waals surface area (Å²) in [6.45, 7) is 4.00. The largest absolute Gasteiger partial charge is 0.495 e. The summed E-state index contributed by atoms with van der Waals surface area (Å²) in [7, 11) is -2.75. The Labute approximate surface area is 199 Å². The van der Waals surface area contributed by atoms with E-state index in [9.17, 15) is 28.1 Å². The number of ether oxygens (including phenoxy) is 1. The third-order valence-electron chi connectivity index (χ3n) is 5.19. The van der Waals surface area contributed by atoms with E-state index in [1.807, 2.05) is 6.92 Å². The number of nitrogens with zero attached hydrogens (tertiary/aromatic N) is 3. The summed E-state index contributed by atoms with van der Waals surface area (Å²) in [5.41, 5.74) is 0.664. The predicted octanol–water partition coefficient (Wildman–Crippen LogP) is 3.18. The highest BCUT2D eigenvalue weighted by atomic mass is 32.2. The zero-order chi connectivity index (χ0) is 25.2. The van der Waals surface area contributed by atoms with Gasteiger partial charge in [-0.05, 0) is 37.6 Å². The summed E-state index contributed by atoms with van der Waals surface area (Å²) in [5.74, 6) is -0.572. The normalized spacial score (nSPS) is 12.4. The number of carbonyl (C=O) groups excluding carboxylic acids is 1. The van der Waals surface area contributed by atoms with Crippen molar-refractivity contribution < 1.29 is 22.9 Å². The second kappa shape index (κ2) is 9.81. The maximum atomic E-state index is 13.2. The Morgan fingerprint density at radius 2 is 1.97 bits per heavy atom. The first-order valence-corrected chi connectivity index (χ1v) is 12.9. The Morgan fingerprint density at radius 1 is 1.26 bits per heavy atom. The molecule has 0 fully saturated rings. The molecule has 0 spiro atoms. The smallest absolute Gasteiger partial charge is 0.308 e. The first kappa shape index (κ1) is 25.2. The summed E-state index contributed by atoms with van der Waals surface area (Å²) in [6.07, 6.45) is 0.991. The molecule has 2 aromatic carbocycles. The molecule has 0 aliphatic rings. The van der Waals surface area contributed by atoms with Gasteiger partial charge in [0.1, 0.15) is 17.5 Å². The van der Waals surface area contributed by atoms with E-state index in [0.717, 1.165) is 33.5 Å². The predicted molar refractivity (Wildman–Crippen MR) is 131 cm³/mol. The van der Waals surface area contributed by atoms with Crippen molar-refractivity contribution in [2.45, 2.75) is 32.9 Å². The van der Waals surface area contributed by atoms with Crippen LogP contribution in [0.15, 0.2) is 41.2 Å². The molecule has 11 nitrogen and oxygen atoms in total. The monoisotopic (exact) mass is 508 g/mol. The van der Waals surface area contributed by atoms with E-state index in [-0.39, 0.29) is 28.4 Å². The van der Waals surface area contributed by atoms with Crippen LogP contribution in [-0.2, 0) is 21.4 Å². The third kappa shape index (κ3) is 4.89. The van der Waals surface area contributed by atoms with E-state index >= 15 is 0 Å². The van der Waals surface area contributed by atoms with Crippen LogP contribution in [0.3, 0.4) is 0 Å². The summed E-state index contributed by atoms with van der Waals surface area (Å²) in [4.78, 5) is 35.9. The number of amides is 1. The molecule has 1 heterocycles. The second-order valence-corrected chi connectivity index (χ2v) is 10.2. The lowest BCUT2D eigenvalue weighted by Crippen LogP contribution is -2.47. The lowest BCUT2D eigenvalue weighted by atomic mass is 10.1. The van der Waals surface area contributed by atoms with Crippen molar-refractivity contribution in [1.29, 1.82) is 0 Å². The van der Waals surface area contributed by atoms with E-state index in [1.165, 1.54) is 19.2 Å². The Bertz CT molecular complexity index is 1410. The van der Waals surface area contributed by atoms with Crippen molar-refractivity contribution in [3.63, 3.8) is 0 Å². The standard InChI is InChI=1S/C21H24N4O7S2/c1-5-15(20(26)22-13-7-9-16-19(11-13)33-21(27)23(16)6-2)24(34(4,30)31)17-12-14(25(28)29)8-10-18(17)32-3/h7-12,15H,5-6H2,1-4H3,(H,22,26)/t15-/m0/s1. The summed E-state index contributed by atoms with van der Waals surface area (Å²) >= 11 is 1.04. The minimum Gasteiger partial charge on any atom is -0.495 e. The first-order valence-electron chi connectivity index (χ1n) is 10.3. The number of thiazole rings is 1. The lowest BCUT2D eigenvalue weighted by Gasteiger charge is -2.30. The molecular formula is C21H24N4O7S2. The minimum absolute atomic E-state index is 0.0642. The number of methoxy groups -OCH3 is 1. The van der Waals surface area contributed by atoms with Crippen LogP contribution in [0, 0.1) is 10.1 Å². The zero-order valence-electron chi connectivity index (χ0n) is 19.0. The molecular weight excluding hydrogens is 484 g/mol. The number of fused-ring (bicyclic) bond motifs is 1. The van der Waals surface area contributed by atoms with Crippen molar-refractivity contribution >= 4 is 54.5 Å². The molecule has 1 atom stereocenters. The highest BCUT2D eigenvalue weighted by molar-refractivity contribution is 7.92. The number of benzene rings is 2. The van der Waals surface area contributed by atoms with E-state index in [2.05, 4.69) is 5.32 Å². The second-order valence-electron chi connectivity index (χ2n) is 7.38. The molecule has 0 bridgehead atoms. The van der Waals surface area contributed by atoms with Crippen LogP contribution >= 0.6 is 11.3 Å². The van der Waals surface area contributed by atoms with E-state index in [4.69, 9.17) is 4.74 Å². The number of rotatable bonds is 9. The maximum absolute atomic E-state index is 13.2. The van der Waals surface area contributed by atoms with Crippen molar-refractivity contribution in [1.82, 2.24) is 4.57 Å². The van der Waals surface area contributed by atoms with E-state index in [1.54, 1.807) is 29.7 Å². The van der Waals surface area contributed by atoms with Crippen molar-refractivity contribution in [3.05, 3.63) is 56.2 Å². The number of nitro groups is 1. The van der Waals surface area contributed by atoms with Gasteiger partial charge in [-0.2, -0.15) is 0 Å². The summed E-state index contributed by atoms with van der Waals surface area (Å²) in [5, 5.41) is 14.0. The Kier molecular flexibility index (Phi) is 7.26. The average molecular weight is 509 g/mol. The fourth-order valence-corrected chi connectivity index (χ4v) is 5.87. The highest BCUT2D eigenvalue weighted by Crippen LogP contribution is 2.36. The number of aryl methyl sites for hydroxylation is 1. The van der Waals surface area contributed by atoms with Crippen molar-refractivity contribution in [2.75, 3.05) is 23.0 Å². The Balaban J connectivity index is 2.03. The third-order valence-corrected chi connectivity index (χ3v) is 7.30. The molecule has 0 saturated carbocycles. The van der Waals surface area contributed by atoms with Gasteiger partial charge in [0.2, 0.25) is 15.9 Å². The fraction of sp³-hybridized carbons (Fsp3) is 0.333. The van der Waals surface area contributed by atoms with Crippen LogP contribution in [0.5, 0.6) is 5.75 Å². The van der Waals surface area contributed by atoms with Crippen LogP contribution in [-0.4, -0.2) is 43.2 Å². The number of nitrogens with one attached hydrogen (secondary N) is 1. The first-order chi connectivity index (χ1) is 16.0. The van der Waals surface area contributed by atoms with Crippen LogP contribution in [0.25, 0.3) is 10.2 Å². The van der Waals surface area contributed by atoms with Gasteiger partial charge in [0, 0.05) is 24.4 Å². The van der Waals surface area contributed by atoms with Gasteiger partial charge in [0.05, 0.1) is 28.5 Å². The molecule has 1 amide bonds. The number of hydrogen-bond acceptors (Lipinski definition) is 8. The van der Waals surface area contributed by atoms with Gasteiger partial charge >= 0.3 is 4.87 Å². The number of nitro benzene ring substituents is 1. The Hall–Kier alpha value is -3.45. The number of sulfonamides is 1. The number of hydrogen-bond donors (Lipinski definition) is 1. The molecule has 34 heavy (non-hydrogen) atoms. The van der Waals surface area contributed by atoms with Crippen LogP contribution in [0.4, 0.5) is 17.1 Å². The van der Waals surface area contributed by atoms with Gasteiger partial charge in [0.25, 0.3) is 5.69 Å². The molecule has 0 aliphatic carbocycles. The Morgan fingerprint density at radius 3 is 2.53 bits per heavy atom.